The summed E-state index contributed by atoms with van der Waals surface area (Å²) in [4.78, 5) is 0. The van der Waals surface area contributed by atoms with Gasteiger partial charge in [-0.3, -0.25) is 0 Å². The third kappa shape index (κ3) is 2.80. The minimum Gasteiger partial charge on any atom is -0.374 e. The molecule has 0 spiro atoms. The molecule has 0 fully saturated rings. The van der Waals surface area contributed by atoms with Gasteiger partial charge >= 0.3 is 0 Å². The number of benzene rings is 2. The van der Waals surface area contributed by atoms with Crippen molar-refractivity contribution in [2.45, 2.75) is 32.4 Å². The van der Waals surface area contributed by atoms with Gasteiger partial charge in [0.2, 0.25) is 0 Å². The Bertz CT molecular complexity index is 542. The fourth-order valence-corrected chi connectivity index (χ4v) is 2.84. The van der Waals surface area contributed by atoms with Crippen molar-refractivity contribution in [1.29, 1.82) is 0 Å². The Kier molecular flexibility index (Phi) is 4.23. The normalized spacial score (nSPS) is 13.7. The Morgan fingerprint density at radius 3 is 2.47 bits per heavy atom. The summed E-state index contributed by atoms with van der Waals surface area (Å²) in [5, 5.41) is 5.97. The second-order valence-corrected chi connectivity index (χ2v) is 5.33. The smallest absolute Gasteiger partial charge is 0.0820 e. The van der Waals surface area contributed by atoms with Crippen molar-refractivity contribution in [3.8, 4) is 0 Å². The van der Waals surface area contributed by atoms with Crippen molar-refractivity contribution in [3.63, 3.8) is 0 Å². The van der Waals surface area contributed by atoms with Crippen LogP contribution in [-0.4, -0.2) is 19.3 Å². The van der Waals surface area contributed by atoms with Crippen LogP contribution in [0.1, 0.15) is 32.4 Å². The summed E-state index contributed by atoms with van der Waals surface area (Å²) in [5.41, 5.74) is 1.05. The Morgan fingerprint density at radius 1 is 1.11 bits per heavy atom. The van der Waals surface area contributed by atoms with Crippen LogP contribution in [0.3, 0.4) is 0 Å². The van der Waals surface area contributed by atoms with E-state index in [-0.39, 0.29) is 11.6 Å². The van der Waals surface area contributed by atoms with Gasteiger partial charge in [0.1, 0.15) is 0 Å². The third-order valence-electron chi connectivity index (χ3n) is 3.63. The van der Waals surface area contributed by atoms with E-state index >= 15 is 0 Å². The standard InChI is InChI=1S/C17H23NO/c1-5-19-17(2,3)16(18-4)15-12-8-10-13-9-6-7-11-14(13)15/h6-12,16,18H,5H2,1-4H3. The van der Waals surface area contributed by atoms with Crippen LogP contribution < -0.4 is 5.32 Å². The van der Waals surface area contributed by atoms with Crippen LogP contribution >= 0.6 is 0 Å². The van der Waals surface area contributed by atoms with Gasteiger partial charge in [-0.15, -0.1) is 0 Å². The minimum atomic E-state index is -0.242. The van der Waals surface area contributed by atoms with Crippen molar-refractivity contribution in [2.75, 3.05) is 13.7 Å². The molecule has 0 amide bonds. The van der Waals surface area contributed by atoms with Gasteiger partial charge in [-0.05, 0) is 44.2 Å². The molecule has 2 rings (SSSR count). The second-order valence-electron chi connectivity index (χ2n) is 5.33. The first-order valence-corrected chi connectivity index (χ1v) is 6.89. The highest BCUT2D eigenvalue weighted by atomic mass is 16.5. The van der Waals surface area contributed by atoms with Gasteiger partial charge < -0.3 is 10.1 Å². The average Bonchev–Trinajstić information content (AvgIpc) is 2.39. The highest BCUT2D eigenvalue weighted by Gasteiger charge is 2.31. The fourth-order valence-electron chi connectivity index (χ4n) is 2.84. The summed E-state index contributed by atoms with van der Waals surface area (Å²) in [5.74, 6) is 0. The monoisotopic (exact) mass is 257 g/mol. The molecule has 1 N–H and O–H groups in total. The first-order valence-electron chi connectivity index (χ1n) is 6.89. The first kappa shape index (κ1) is 14.0. The number of ether oxygens (including phenoxy) is 1. The molecule has 1 unspecified atom stereocenters. The summed E-state index contributed by atoms with van der Waals surface area (Å²) < 4.78 is 5.92. The zero-order chi connectivity index (χ0) is 13.9. The molecule has 2 heteroatoms. The first-order chi connectivity index (χ1) is 9.10. The summed E-state index contributed by atoms with van der Waals surface area (Å²) in [6, 6.07) is 15.1. The lowest BCUT2D eigenvalue weighted by Gasteiger charge is -2.35. The van der Waals surface area contributed by atoms with Crippen molar-refractivity contribution < 1.29 is 4.74 Å². The second kappa shape index (κ2) is 5.72. The Labute approximate surface area is 115 Å². The van der Waals surface area contributed by atoms with Crippen molar-refractivity contribution in [2.24, 2.45) is 0 Å². The maximum atomic E-state index is 5.92. The molecule has 0 aromatic heterocycles. The molecule has 0 bridgehead atoms. The maximum absolute atomic E-state index is 5.92. The lowest BCUT2D eigenvalue weighted by atomic mass is 9.88. The topological polar surface area (TPSA) is 21.3 Å². The number of nitrogens with one attached hydrogen (secondary N) is 1. The summed E-state index contributed by atoms with van der Waals surface area (Å²) in [7, 11) is 1.99. The van der Waals surface area contributed by atoms with E-state index in [1.54, 1.807) is 0 Å². The van der Waals surface area contributed by atoms with E-state index in [1.807, 2.05) is 14.0 Å². The molecule has 0 aliphatic carbocycles. The van der Waals surface area contributed by atoms with Crippen LogP contribution in [0.25, 0.3) is 10.8 Å². The molecular formula is C17H23NO. The highest BCUT2D eigenvalue weighted by Crippen LogP contribution is 2.33. The van der Waals surface area contributed by atoms with Gasteiger partial charge in [-0.25, -0.2) is 0 Å². The summed E-state index contributed by atoms with van der Waals surface area (Å²) in [6.45, 7) is 7.03. The van der Waals surface area contributed by atoms with E-state index in [0.717, 1.165) is 6.61 Å². The quantitative estimate of drug-likeness (QED) is 0.876. The van der Waals surface area contributed by atoms with E-state index in [1.165, 1.54) is 16.3 Å². The molecular weight excluding hydrogens is 234 g/mol. The third-order valence-corrected chi connectivity index (χ3v) is 3.63. The number of hydrogen-bond acceptors (Lipinski definition) is 2. The van der Waals surface area contributed by atoms with Crippen LogP contribution in [-0.2, 0) is 4.74 Å². The van der Waals surface area contributed by atoms with Crippen LogP contribution in [0.2, 0.25) is 0 Å². The Hall–Kier alpha value is -1.38. The van der Waals surface area contributed by atoms with Gasteiger partial charge in [0.05, 0.1) is 11.6 Å². The van der Waals surface area contributed by atoms with Gasteiger partial charge in [0, 0.05) is 6.61 Å². The lowest BCUT2D eigenvalue weighted by molar-refractivity contribution is -0.0371. The maximum Gasteiger partial charge on any atom is 0.0820 e. The molecule has 102 valence electrons. The zero-order valence-corrected chi connectivity index (χ0v) is 12.2. The summed E-state index contributed by atoms with van der Waals surface area (Å²) >= 11 is 0. The van der Waals surface area contributed by atoms with E-state index < -0.39 is 0 Å². The van der Waals surface area contributed by atoms with E-state index in [0.29, 0.717) is 0 Å². The minimum absolute atomic E-state index is 0.165. The molecule has 0 saturated carbocycles. The highest BCUT2D eigenvalue weighted by molar-refractivity contribution is 5.86. The number of hydrogen-bond donors (Lipinski definition) is 1. The van der Waals surface area contributed by atoms with E-state index in [2.05, 4.69) is 61.6 Å². The van der Waals surface area contributed by atoms with Crippen LogP contribution in [0.15, 0.2) is 42.5 Å². The van der Waals surface area contributed by atoms with Gasteiger partial charge in [-0.1, -0.05) is 42.5 Å². The number of rotatable bonds is 5. The predicted octanol–water partition coefficient (Wildman–Crippen LogP) is 3.92. The average molecular weight is 257 g/mol. The molecule has 0 heterocycles. The van der Waals surface area contributed by atoms with Crippen molar-refractivity contribution in [1.82, 2.24) is 5.32 Å². The van der Waals surface area contributed by atoms with Crippen LogP contribution in [0.5, 0.6) is 0 Å². The summed E-state index contributed by atoms with van der Waals surface area (Å²) in [6.07, 6.45) is 0. The van der Waals surface area contributed by atoms with Crippen LogP contribution in [0.4, 0.5) is 0 Å². The zero-order valence-electron chi connectivity index (χ0n) is 12.2. The molecule has 0 aliphatic heterocycles. The number of likely N-dealkylation sites (N-methyl/N-ethyl adjacent to an activating group) is 1. The Morgan fingerprint density at radius 2 is 1.79 bits per heavy atom. The van der Waals surface area contributed by atoms with E-state index in [9.17, 15) is 0 Å². The largest absolute Gasteiger partial charge is 0.374 e. The SMILES string of the molecule is CCOC(C)(C)C(NC)c1cccc2ccccc12. The van der Waals surface area contributed by atoms with E-state index in [4.69, 9.17) is 4.74 Å². The Balaban J connectivity index is 2.52. The van der Waals surface area contributed by atoms with Crippen molar-refractivity contribution in [3.05, 3.63) is 48.0 Å². The fraction of sp³-hybridized carbons (Fsp3) is 0.412. The van der Waals surface area contributed by atoms with Crippen LogP contribution in [0, 0.1) is 0 Å². The molecule has 2 aromatic carbocycles. The molecule has 0 aliphatic rings. The molecule has 19 heavy (non-hydrogen) atoms. The van der Waals surface area contributed by atoms with Gasteiger partial charge in [0.25, 0.3) is 0 Å². The predicted molar refractivity (Wildman–Crippen MR) is 81.5 cm³/mol. The van der Waals surface area contributed by atoms with Gasteiger partial charge in [-0.2, -0.15) is 0 Å². The molecule has 0 saturated heterocycles. The van der Waals surface area contributed by atoms with Crippen molar-refractivity contribution >= 4 is 10.8 Å². The molecule has 0 radical (unpaired) electrons. The van der Waals surface area contributed by atoms with Gasteiger partial charge in [0.15, 0.2) is 0 Å². The molecule has 2 nitrogen and oxygen atoms in total. The molecule has 2 aromatic rings. The molecule has 1 atom stereocenters. The number of fused-ring (bicyclic) bond motifs is 1. The lowest BCUT2D eigenvalue weighted by Crippen LogP contribution is -2.40.